The van der Waals surface area contributed by atoms with Crippen LogP contribution in [0.5, 0.6) is 0 Å². The lowest BCUT2D eigenvalue weighted by atomic mass is 9.82. The number of nitrogens with zero attached hydrogens (tertiary/aromatic N) is 2. The molecule has 0 fully saturated rings. The van der Waals surface area contributed by atoms with Crippen LogP contribution in [0.4, 0.5) is 0 Å². The van der Waals surface area contributed by atoms with Crippen molar-refractivity contribution in [1.82, 2.24) is 10.3 Å². The zero-order chi connectivity index (χ0) is 35.8. The van der Waals surface area contributed by atoms with Crippen LogP contribution >= 0.6 is 0 Å². The molecule has 51 heavy (non-hydrogen) atoms. The summed E-state index contributed by atoms with van der Waals surface area (Å²) in [6.07, 6.45) is 17.2. The molecule has 0 amide bonds. The Morgan fingerprint density at radius 2 is 1.57 bits per heavy atom. The van der Waals surface area contributed by atoms with Crippen molar-refractivity contribution in [2.75, 3.05) is 0 Å². The molecule has 1 aliphatic rings. The number of hydrogen-bond donors (Lipinski definition) is 2. The molecular weight excluding hydrogens is 621 g/mol. The number of amidine groups is 2. The summed E-state index contributed by atoms with van der Waals surface area (Å²) in [4.78, 5) is 9.48. The van der Waals surface area contributed by atoms with Gasteiger partial charge in [-0.25, -0.2) is 4.99 Å². The summed E-state index contributed by atoms with van der Waals surface area (Å²) in [7, 11) is 0. The van der Waals surface area contributed by atoms with Crippen LogP contribution in [0.2, 0.25) is 0 Å². The van der Waals surface area contributed by atoms with E-state index >= 15 is 0 Å². The first-order valence-electron chi connectivity index (χ1n) is 18.0. The van der Waals surface area contributed by atoms with Crippen LogP contribution in [0.1, 0.15) is 69.2 Å². The third-order valence-electron chi connectivity index (χ3n) is 9.95. The Balaban J connectivity index is 1.48. The lowest BCUT2D eigenvalue weighted by Gasteiger charge is -2.25. The van der Waals surface area contributed by atoms with E-state index in [4.69, 9.17) is 10.4 Å². The van der Waals surface area contributed by atoms with E-state index in [0.29, 0.717) is 5.84 Å². The lowest BCUT2D eigenvalue weighted by Crippen LogP contribution is -2.38. The number of pyridine rings is 1. The zero-order valence-electron chi connectivity index (χ0n) is 30.2. The summed E-state index contributed by atoms with van der Waals surface area (Å²) in [5.74, 6) is 1.15. The Morgan fingerprint density at radius 3 is 2.31 bits per heavy atom. The molecule has 2 N–H and O–H groups in total. The van der Waals surface area contributed by atoms with Crippen molar-refractivity contribution in [3.63, 3.8) is 0 Å². The number of nitrogens with one attached hydrogen (secondary N) is 2. The fourth-order valence-corrected chi connectivity index (χ4v) is 7.11. The highest BCUT2D eigenvalue weighted by atomic mass is 15.0. The van der Waals surface area contributed by atoms with Gasteiger partial charge in [-0.1, -0.05) is 131 Å². The van der Waals surface area contributed by atoms with E-state index in [1.165, 1.54) is 22.3 Å². The average molecular weight is 669 g/mol. The number of hydrogen-bond acceptors (Lipinski definition) is 2. The van der Waals surface area contributed by atoms with Crippen LogP contribution in [0.3, 0.4) is 0 Å². The zero-order valence-corrected chi connectivity index (χ0v) is 30.2. The molecule has 4 heteroatoms. The number of benzene rings is 4. The number of fused-ring (bicyclic) bond motifs is 3. The van der Waals surface area contributed by atoms with Crippen LogP contribution in [0.15, 0.2) is 157 Å². The maximum atomic E-state index is 9.08. The predicted molar refractivity (Wildman–Crippen MR) is 217 cm³/mol. The fraction of sp³-hybridized carbons (Fsp3) is 0.213. The van der Waals surface area contributed by atoms with Gasteiger partial charge in [0.2, 0.25) is 0 Å². The first-order valence-corrected chi connectivity index (χ1v) is 18.0. The summed E-state index contributed by atoms with van der Waals surface area (Å²) in [6.45, 7) is 12.8. The second-order valence-corrected chi connectivity index (χ2v) is 13.8. The highest BCUT2D eigenvalue weighted by Crippen LogP contribution is 2.49. The molecule has 0 saturated carbocycles. The van der Waals surface area contributed by atoms with Crippen molar-refractivity contribution in [3.8, 4) is 33.4 Å². The van der Waals surface area contributed by atoms with Crippen molar-refractivity contribution in [2.45, 2.75) is 58.4 Å². The van der Waals surface area contributed by atoms with Gasteiger partial charge >= 0.3 is 0 Å². The average Bonchev–Trinajstić information content (AvgIpc) is 3.40. The molecule has 1 aromatic heterocycles. The van der Waals surface area contributed by atoms with Gasteiger partial charge in [-0.05, 0) is 101 Å². The van der Waals surface area contributed by atoms with Crippen LogP contribution in [-0.4, -0.2) is 22.7 Å². The van der Waals surface area contributed by atoms with E-state index in [0.717, 1.165) is 52.6 Å². The van der Waals surface area contributed by atoms with Gasteiger partial charge in [-0.15, -0.1) is 0 Å². The van der Waals surface area contributed by atoms with Gasteiger partial charge in [0, 0.05) is 40.5 Å². The maximum Gasteiger partial charge on any atom is 0.154 e. The van der Waals surface area contributed by atoms with Gasteiger partial charge in [0.1, 0.15) is 5.84 Å². The molecule has 256 valence electrons. The van der Waals surface area contributed by atoms with Crippen molar-refractivity contribution in [1.29, 1.82) is 5.41 Å². The minimum Gasteiger partial charge on any atom is -0.366 e. The number of allylic oxidation sites excluding steroid dienone is 4. The van der Waals surface area contributed by atoms with Gasteiger partial charge < -0.3 is 5.32 Å². The second-order valence-electron chi connectivity index (χ2n) is 13.8. The molecule has 4 aromatic carbocycles. The van der Waals surface area contributed by atoms with Crippen molar-refractivity contribution in [2.24, 2.45) is 10.9 Å². The van der Waals surface area contributed by atoms with Gasteiger partial charge in [0.15, 0.2) is 5.84 Å². The van der Waals surface area contributed by atoms with Crippen LogP contribution in [0.25, 0.3) is 33.4 Å². The number of aromatic nitrogens is 1. The predicted octanol–water partition coefficient (Wildman–Crippen LogP) is 11.6. The fourth-order valence-electron chi connectivity index (χ4n) is 7.11. The smallest absolute Gasteiger partial charge is 0.154 e. The Bertz CT molecular complexity index is 2090. The topological polar surface area (TPSA) is 61.1 Å². The molecule has 1 unspecified atom stereocenters. The monoisotopic (exact) mass is 668 g/mol. The summed E-state index contributed by atoms with van der Waals surface area (Å²) in [6, 6.07) is 36.2. The Labute approximate surface area is 304 Å². The summed E-state index contributed by atoms with van der Waals surface area (Å²) >= 11 is 0. The van der Waals surface area contributed by atoms with Gasteiger partial charge in [-0.2, -0.15) is 0 Å². The Hall–Kier alpha value is -5.61. The van der Waals surface area contributed by atoms with Gasteiger partial charge in [0.05, 0.1) is 0 Å². The largest absolute Gasteiger partial charge is 0.366 e. The summed E-state index contributed by atoms with van der Waals surface area (Å²) < 4.78 is 0. The number of aliphatic imine (C=N–C) groups is 1. The molecule has 2 atom stereocenters. The molecule has 0 aliphatic heterocycles. The Kier molecular flexibility index (Phi) is 11.0. The third kappa shape index (κ3) is 7.91. The van der Waals surface area contributed by atoms with E-state index in [1.807, 2.05) is 54.7 Å². The Morgan fingerprint density at radius 1 is 0.824 bits per heavy atom. The SMILES string of the molecule is C=C/C=C\CCC(C=CCC)[C@H](C)N/C(=N\C(=N)c1ccccc1)c1cc(-c2cccnc2)cc(-c2ccc3c(c2)-c2ccccc2C3(C)C)c1. The second kappa shape index (κ2) is 15.9. The van der Waals surface area contributed by atoms with Crippen LogP contribution < -0.4 is 5.32 Å². The molecule has 0 saturated heterocycles. The van der Waals surface area contributed by atoms with E-state index in [-0.39, 0.29) is 23.2 Å². The standard InChI is InChI=1S/C47H48N4/c1-6-8-10-12-19-34(18-9-7-2)33(3)50-46(51-45(48)35-20-13-11-14-21-35)40-29-38(28-39(30-40)37-22-17-27-49-32-37)36-25-26-44-42(31-36)41-23-15-16-24-43(41)47(44,4)5/h6,8-11,13-18,20-34H,1,7,12,19H2,2-5H3,(H2,48,50,51)/b10-8-,18-9?/t33-,34?/m0/s1. The molecule has 0 spiro atoms. The molecule has 4 nitrogen and oxygen atoms in total. The van der Waals surface area contributed by atoms with Crippen molar-refractivity contribution >= 4 is 11.7 Å². The normalized spacial score (nSPS) is 14.6. The van der Waals surface area contributed by atoms with E-state index in [9.17, 15) is 0 Å². The number of rotatable bonds is 12. The van der Waals surface area contributed by atoms with Crippen LogP contribution in [-0.2, 0) is 5.41 Å². The molecule has 5 aromatic rings. The molecular formula is C47H48N4. The van der Waals surface area contributed by atoms with E-state index in [1.54, 1.807) is 6.20 Å². The first-order chi connectivity index (χ1) is 24.8. The molecule has 6 rings (SSSR count). The minimum absolute atomic E-state index is 0.0523. The molecule has 0 radical (unpaired) electrons. The first kappa shape index (κ1) is 35.2. The highest BCUT2D eigenvalue weighted by Gasteiger charge is 2.35. The van der Waals surface area contributed by atoms with Crippen molar-refractivity contribution in [3.05, 3.63) is 175 Å². The third-order valence-corrected chi connectivity index (χ3v) is 9.95. The quantitative estimate of drug-likeness (QED) is 0.0601. The maximum absolute atomic E-state index is 9.08. The van der Waals surface area contributed by atoms with E-state index < -0.39 is 0 Å². The highest BCUT2D eigenvalue weighted by molar-refractivity contribution is 6.11. The van der Waals surface area contributed by atoms with E-state index in [2.05, 4.69) is 130 Å². The van der Waals surface area contributed by atoms with Crippen molar-refractivity contribution < 1.29 is 0 Å². The van der Waals surface area contributed by atoms with Gasteiger partial charge in [-0.3, -0.25) is 10.4 Å². The summed E-state index contributed by atoms with van der Waals surface area (Å²) in [5, 5.41) is 12.9. The molecule has 1 aliphatic carbocycles. The van der Waals surface area contributed by atoms with Gasteiger partial charge in [0.25, 0.3) is 0 Å². The van der Waals surface area contributed by atoms with Crippen LogP contribution in [0, 0.1) is 11.3 Å². The minimum atomic E-state index is -0.0604. The molecule has 0 bridgehead atoms. The summed E-state index contributed by atoms with van der Waals surface area (Å²) in [5.41, 5.74) is 11.2. The molecule has 1 heterocycles. The lowest BCUT2D eigenvalue weighted by molar-refractivity contribution is 0.467.